The smallest absolute Gasteiger partial charge is 0.153 e. The fraction of sp³-hybridized carbons (Fsp3) is 0.429. The molecular formula is C21H24N8. The number of aromatic amines is 1. The van der Waals surface area contributed by atoms with Gasteiger partial charge in [0, 0.05) is 67.5 Å². The van der Waals surface area contributed by atoms with Gasteiger partial charge in [0.2, 0.25) is 0 Å². The highest BCUT2D eigenvalue weighted by Gasteiger charge is 2.40. The van der Waals surface area contributed by atoms with Crippen molar-refractivity contribution in [3.05, 3.63) is 36.2 Å². The lowest BCUT2D eigenvalue weighted by Gasteiger charge is -2.41. The molecule has 8 heteroatoms. The van der Waals surface area contributed by atoms with Gasteiger partial charge in [-0.15, -0.1) is 0 Å². The highest BCUT2D eigenvalue weighted by atomic mass is 15.3. The van der Waals surface area contributed by atoms with E-state index in [1.807, 2.05) is 31.3 Å². The summed E-state index contributed by atoms with van der Waals surface area (Å²) in [5, 5.41) is 20.6. The van der Waals surface area contributed by atoms with Gasteiger partial charge < -0.3 is 10.2 Å². The number of hydrogen-bond acceptors (Lipinski definition) is 7. The third-order valence-corrected chi connectivity index (χ3v) is 5.96. The summed E-state index contributed by atoms with van der Waals surface area (Å²) in [5.74, 6) is 2.47. The summed E-state index contributed by atoms with van der Waals surface area (Å²) in [6.07, 6.45) is 4.79. The summed E-state index contributed by atoms with van der Waals surface area (Å²) in [6, 6.07) is 11.3. The van der Waals surface area contributed by atoms with Crippen LogP contribution in [0.3, 0.4) is 0 Å². The van der Waals surface area contributed by atoms with Crippen molar-refractivity contribution < 1.29 is 0 Å². The standard InChI is InChI=1S/C21H24N8/c1-14-10-20(27-26-14)24-19-11-18-17(4-2-8-23-18)21(25-19)28-12-15-5-6-16(13-28)29(15)9-3-7-22/h2,4,8,10-11,15-16H,3,5-6,9,12-13H2,1H3,(H2,24,25,26,27)/t15-,16+. The quantitative estimate of drug-likeness (QED) is 0.693. The zero-order valence-corrected chi connectivity index (χ0v) is 16.5. The molecule has 2 aliphatic heterocycles. The lowest BCUT2D eigenvalue weighted by atomic mass is 10.1. The van der Waals surface area contributed by atoms with Crippen LogP contribution in [0.5, 0.6) is 0 Å². The van der Waals surface area contributed by atoms with Crippen molar-refractivity contribution in [1.29, 1.82) is 5.26 Å². The molecule has 5 rings (SSSR count). The van der Waals surface area contributed by atoms with Crippen molar-refractivity contribution in [3.63, 3.8) is 0 Å². The molecule has 29 heavy (non-hydrogen) atoms. The maximum Gasteiger partial charge on any atom is 0.153 e. The fourth-order valence-corrected chi connectivity index (χ4v) is 4.68. The van der Waals surface area contributed by atoms with Gasteiger partial charge in [0.15, 0.2) is 5.82 Å². The first-order chi connectivity index (χ1) is 14.2. The minimum Gasteiger partial charge on any atom is -0.353 e. The number of hydrogen-bond donors (Lipinski definition) is 2. The molecule has 3 aromatic rings. The van der Waals surface area contributed by atoms with Crippen LogP contribution in [0.1, 0.15) is 25.0 Å². The van der Waals surface area contributed by atoms with Crippen LogP contribution >= 0.6 is 0 Å². The van der Waals surface area contributed by atoms with E-state index in [-0.39, 0.29) is 0 Å². The van der Waals surface area contributed by atoms with Gasteiger partial charge in [-0.05, 0) is 31.9 Å². The molecule has 0 amide bonds. The zero-order valence-electron chi connectivity index (χ0n) is 16.5. The minimum absolute atomic E-state index is 0.487. The largest absolute Gasteiger partial charge is 0.353 e. The Morgan fingerprint density at radius 1 is 1.24 bits per heavy atom. The molecular weight excluding hydrogens is 364 g/mol. The monoisotopic (exact) mass is 388 g/mol. The summed E-state index contributed by atoms with van der Waals surface area (Å²) in [7, 11) is 0. The maximum atomic E-state index is 8.97. The lowest BCUT2D eigenvalue weighted by Crippen LogP contribution is -2.54. The molecule has 0 radical (unpaired) electrons. The van der Waals surface area contributed by atoms with Gasteiger partial charge in [0.05, 0.1) is 11.6 Å². The first-order valence-corrected chi connectivity index (χ1v) is 10.1. The Hall–Kier alpha value is -3.18. The highest BCUT2D eigenvalue weighted by molar-refractivity contribution is 5.92. The van der Waals surface area contributed by atoms with Crippen LogP contribution in [0.25, 0.3) is 10.9 Å². The van der Waals surface area contributed by atoms with Crippen molar-refractivity contribution in [2.75, 3.05) is 29.9 Å². The molecule has 0 aliphatic carbocycles. The molecule has 0 aromatic carbocycles. The van der Waals surface area contributed by atoms with E-state index in [1.165, 1.54) is 12.8 Å². The van der Waals surface area contributed by atoms with Crippen LogP contribution in [0, 0.1) is 18.3 Å². The second-order valence-electron chi connectivity index (χ2n) is 7.90. The number of rotatable bonds is 5. The number of piperazine rings is 1. The van der Waals surface area contributed by atoms with Crippen LogP contribution in [0.4, 0.5) is 17.5 Å². The fourth-order valence-electron chi connectivity index (χ4n) is 4.68. The van der Waals surface area contributed by atoms with Gasteiger partial charge in [-0.2, -0.15) is 10.4 Å². The first-order valence-electron chi connectivity index (χ1n) is 10.1. The van der Waals surface area contributed by atoms with E-state index in [9.17, 15) is 0 Å². The Bertz CT molecular complexity index is 1050. The van der Waals surface area contributed by atoms with Crippen LogP contribution in [0.15, 0.2) is 30.5 Å². The third kappa shape index (κ3) is 3.38. The Morgan fingerprint density at radius 2 is 2.07 bits per heavy atom. The van der Waals surface area contributed by atoms with Gasteiger partial charge >= 0.3 is 0 Å². The van der Waals surface area contributed by atoms with E-state index in [1.54, 1.807) is 0 Å². The normalized spacial score (nSPS) is 21.4. The van der Waals surface area contributed by atoms with Crippen molar-refractivity contribution in [2.45, 2.75) is 38.3 Å². The number of pyridine rings is 2. The summed E-state index contributed by atoms with van der Waals surface area (Å²) in [4.78, 5) is 14.5. The van der Waals surface area contributed by atoms with Crippen molar-refractivity contribution in [2.24, 2.45) is 0 Å². The average Bonchev–Trinajstić information content (AvgIpc) is 3.23. The zero-order chi connectivity index (χ0) is 19.8. The summed E-state index contributed by atoms with van der Waals surface area (Å²) >= 11 is 0. The summed E-state index contributed by atoms with van der Waals surface area (Å²) in [5.41, 5.74) is 1.92. The number of nitrogens with one attached hydrogen (secondary N) is 2. The molecule has 2 fully saturated rings. The molecule has 0 spiro atoms. The number of anilines is 3. The SMILES string of the molecule is Cc1cc(Nc2cc3ncccc3c(N3C[C@H]4CC[C@@H](C3)N4CCC#N)n2)n[nH]1. The number of nitrogens with zero attached hydrogens (tertiary/aromatic N) is 6. The van der Waals surface area contributed by atoms with Crippen molar-refractivity contribution in [1.82, 2.24) is 25.1 Å². The molecule has 5 heterocycles. The maximum absolute atomic E-state index is 8.97. The second kappa shape index (κ2) is 7.33. The van der Waals surface area contributed by atoms with E-state index in [4.69, 9.17) is 10.2 Å². The van der Waals surface area contributed by atoms with Crippen LogP contribution < -0.4 is 10.2 Å². The molecule has 2 bridgehead atoms. The Morgan fingerprint density at radius 3 is 2.79 bits per heavy atom. The van der Waals surface area contributed by atoms with E-state index in [2.05, 4.69) is 42.4 Å². The Balaban J connectivity index is 1.47. The van der Waals surface area contributed by atoms with E-state index < -0.39 is 0 Å². The first kappa shape index (κ1) is 17.9. The van der Waals surface area contributed by atoms with E-state index >= 15 is 0 Å². The minimum atomic E-state index is 0.487. The number of aryl methyl sites for hydroxylation is 1. The van der Waals surface area contributed by atoms with Crippen molar-refractivity contribution in [3.8, 4) is 6.07 Å². The number of H-pyrrole nitrogens is 1. The molecule has 0 unspecified atom stereocenters. The summed E-state index contributed by atoms with van der Waals surface area (Å²) in [6.45, 7) is 4.71. The predicted octanol–water partition coefficient (Wildman–Crippen LogP) is 2.97. The van der Waals surface area contributed by atoms with Crippen LogP contribution in [-0.4, -0.2) is 56.8 Å². The number of nitriles is 1. The predicted molar refractivity (Wildman–Crippen MR) is 112 cm³/mol. The third-order valence-electron chi connectivity index (χ3n) is 5.96. The van der Waals surface area contributed by atoms with Gasteiger partial charge in [0.25, 0.3) is 0 Å². The summed E-state index contributed by atoms with van der Waals surface area (Å²) < 4.78 is 0. The number of fused-ring (bicyclic) bond motifs is 3. The molecule has 0 saturated carbocycles. The lowest BCUT2D eigenvalue weighted by molar-refractivity contribution is 0.173. The van der Waals surface area contributed by atoms with Gasteiger partial charge in [-0.25, -0.2) is 4.98 Å². The molecule has 148 valence electrons. The molecule has 8 nitrogen and oxygen atoms in total. The van der Waals surface area contributed by atoms with Crippen LogP contribution in [0.2, 0.25) is 0 Å². The second-order valence-corrected chi connectivity index (χ2v) is 7.90. The Labute approximate surface area is 169 Å². The molecule has 2 saturated heterocycles. The number of aromatic nitrogens is 4. The van der Waals surface area contributed by atoms with Crippen LogP contribution in [-0.2, 0) is 0 Å². The van der Waals surface area contributed by atoms with Crippen molar-refractivity contribution >= 4 is 28.4 Å². The molecule has 2 aliphatic rings. The molecule has 2 N–H and O–H groups in total. The van der Waals surface area contributed by atoms with E-state index in [0.717, 1.165) is 53.7 Å². The molecule has 2 atom stereocenters. The topological polar surface area (TPSA) is 96.8 Å². The Kier molecular flexibility index (Phi) is 4.52. The molecule has 3 aromatic heterocycles. The van der Waals surface area contributed by atoms with Gasteiger partial charge in [-0.3, -0.25) is 15.0 Å². The average molecular weight is 388 g/mol. The van der Waals surface area contributed by atoms with E-state index in [0.29, 0.717) is 18.5 Å². The highest BCUT2D eigenvalue weighted by Crippen LogP contribution is 2.35. The van der Waals surface area contributed by atoms with Gasteiger partial charge in [0.1, 0.15) is 11.6 Å². The van der Waals surface area contributed by atoms with Gasteiger partial charge in [-0.1, -0.05) is 0 Å².